The van der Waals surface area contributed by atoms with E-state index in [0.29, 0.717) is 26.2 Å². The Balaban J connectivity index is 2.62. The van der Waals surface area contributed by atoms with Crippen molar-refractivity contribution in [1.29, 1.82) is 0 Å². The SMILES string of the molecule is COCCNCCNC(=O)c1cccc([N+](=O)[O-])c1OC. The standard InChI is InChI=1S/C13H19N3O5/c1-20-9-8-14-6-7-15-13(17)10-4-3-5-11(16(18)19)12(10)21-2/h3-5,14H,6-9H2,1-2H3,(H,15,17). The first-order chi connectivity index (χ1) is 10.1. The Morgan fingerprint density at radius 2 is 2.05 bits per heavy atom. The zero-order valence-electron chi connectivity index (χ0n) is 12.0. The quantitative estimate of drug-likeness (QED) is 0.392. The number of carbonyl (C=O) groups excluding carboxylic acids is 1. The third-order valence-electron chi connectivity index (χ3n) is 2.71. The van der Waals surface area contributed by atoms with Crippen molar-refractivity contribution < 1.29 is 19.2 Å². The zero-order chi connectivity index (χ0) is 15.7. The third-order valence-corrected chi connectivity index (χ3v) is 2.71. The number of nitrogens with one attached hydrogen (secondary N) is 2. The van der Waals surface area contributed by atoms with Crippen LogP contribution in [0.15, 0.2) is 18.2 Å². The first kappa shape index (κ1) is 16.9. The van der Waals surface area contributed by atoms with Crippen LogP contribution in [0.4, 0.5) is 5.69 Å². The second-order valence-electron chi connectivity index (χ2n) is 4.11. The van der Waals surface area contributed by atoms with Crippen molar-refractivity contribution in [2.24, 2.45) is 0 Å². The summed E-state index contributed by atoms with van der Waals surface area (Å²) in [4.78, 5) is 22.3. The van der Waals surface area contributed by atoms with Gasteiger partial charge in [0.15, 0.2) is 0 Å². The topological polar surface area (TPSA) is 103 Å². The molecule has 0 spiro atoms. The van der Waals surface area contributed by atoms with Gasteiger partial charge in [0.2, 0.25) is 5.75 Å². The summed E-state index contributed by atoms with van der Waals surface area (Å²) in [5.41, 5.74) is -0.0908. The van der Waals surface area contributed by atoms with Crippen LogP contribution in [0, 0.1) is 10.1 Å². The number of hydrogen-bond donors (Lipinski definition) is 2. The summed E-state index contributed by atoms with van der Waals surface area (Å²) in [6.45, 7) is 2.25. The molecule has 0 saturated carbocycles. The van der Waals surface area contributed by atoms with Crippen molar-refractivity contribution in [3.05, 3.63) is 33.9 Å². The number of benzene rings is 1. The molecule has 0 radical (unpaired) electrons. The number of methoxy groups -OCH3 is 2. The Kier molecular flexibility index (Phi) is 7.13. The molecule has 0 saturated heterocycles. The molecular formula is C13H19N3O5. The average molecular weight is 297 g/mol. The van der Waals surface area contributed by atoms with E-state index in [1.165, 1.54) is 25.3 Å². The molecule has 8 heteroatoms. The van der Waals surface area contributed by atoms with E-state index in [-0.39, 0.29) is 17.0 Å². The van der Waals surface area contributed by atoms with Gasteiger partial charge in [0.05, 0.1) is 24.2 Å². The van der Waals surface area contributed by atoms with Crippen LogP contribution < -0.4 is 15.4 Å². The maximum absolute atomic E-state index is 12.0. The van der Waals surface area contributed by atoms with Crippen LogP contribution >= 0.6 is 0 Å². The molecule has 1 aromatic rings. The Bertz CT molecular complexity index is 493. The predicted octanol–water partition coefficient (Wildman–Crippen LogP) is 0.569. The molecule has 2 N–H and O–H groups in total. The van der Waals surface area contributed by atoms with Gasteiger partial charge in [0, 0.05) is 32.8 Å². The highest BCUT2D eigenvalue weighted by Gasteiger charge is 2.22. The number of para-hydroxylation sites is 1. The van der Waals surface area contributed by atoms with Gasteiger partial charge in [-0.2, -0.15) is 0 Å². The van der Waals surface area contributed by atoms with Crippen molar-refractivity contribution in [3.8, 4) is 5.75 Å². The molecule has 0 fully saturated rings. The van der Waals surface area contributed by atoms with E-state index in [4.69, 9.17) is 9.47 Å². The molecule has 0 aliphatic heterocycles. The fraction of sp³-hybridized carbons (Fsp3) is 0.462. The summed E-state index contributed by atoms with van der Waals surface area (Å²) < 4.78 is 9.86. The molecule has 0 heterocycles. The van der Waals surface area contributed by atoms with Gasteiger partial charge in [-0.25, -0.2) is 0 Å². The Morgan fingerprint density at radius 3 is 2.67 bits per heavy atom. The van der Waals surface area contributed by atoms with E-state index < -0.39 is 10.8 Å². The van der Waals surface area contributed by atoms with E-state index in [9.17, 15) is 14.9 Å². The number of nitrogens with zero attached hydrogens (tertiary/aromatic N) is 1. The summed E-state index contributed by atoms with van der Waals surface area (Å²) in [5, 5.41) is 16.6. The molecule has 8 nitrogen and oxygen atoms in total. The lowest BCUT2D eigenvalue weighted by atomic mass is 10.1. The van der Waals surface area contributed by atoms with Crippen molar-refractivity contribution in [2.75, 3.05) is 40.5 Å². The molecule has 1 rings (SSSR count). The molecular weight excluding hydrogens is 278 g/mol. The number of hydrogen-bond acceptors (Lipinski definition) is 6. The molecule has 1 amide bonds. The lowest BCUT2D eigenvalue weighted by Gasteiger charge is -2.10. The minimum absolute atomic E-state index is 0.0349. The van der Waals surface area contributed by atoms with Crippen LogP contribution in [-0.2, 0) is 4.74 Å². The lowest BCUT2D eigenvalue weighted by molar-refractivity contribution is -0.385. The fourth-order valence-electron chi connectivity index (χ4n) is 1.72. The summed E-state index contributed by atoms with van der Waals surface area (Å²) in [6, 6.07) is 4.23. The van der Waals surface area contributed by atoms with Gasteiger partial charge in [-0.3, -0.25) is 14.9 Å². The van der Waals surface area contributed by atoms with Crippen LogP contribution in [-0.4, -0.2) is 51.3 Å². The number of ether oxygens (including phenoxy) is 2. The molecule has 0 bridgehead atoms. The summed E-state index contributed by atoms with van der Waals surface area (Å²) in [7, 11) is 2.91. The van der Waals surface area contributed by atoms with Crippen molar-refractivity contribution in [2.45, 2.75) is 0 Å². The smallest absolute Gasteiger partial charge is 0.311 e. The van der Waals surface area contributed by atoms with Crippen LogP contribution in [0.1, 0.15) is 10.4 Å². The summed E-state index contributed by atoms with van der Waals surface area (Å²) in [6.07, 6.45) is 0. The second-order valence-corrected chi connectivity index (χ2v) is 4.11. The minimum Gasteiger partial charge on any atom is -0.490 e. The number of amides is 1. The largest absolute Gasteiger partial charge is 0.490 e. The van der Waals surface area contributed by atoms with Gasteiger partial charge >= 0.3 is 5.69 Å². The van der Waals surface area contributed by atoms with Crippen molar-refractivity contribution >= 4 is 11.6 Å². The number of nitro benzene ring substituents is 1. The first-order valence-electron chi connectivity index (χ1n) is 6.41. The van der Waals surface area contributed by atoms with Crippen LogP contribution in [0.2, 0.25) is 0 Å². The minimum atomic E-state index is -0.581. The first-order valence-corrected chi connectivity index (χ1v) is 6.41. The van der Waals surface area contributed by atoms with Gasteiger partial charge in [-0.1, -0.05) is 6.07 Å². The molecule has 0 atom stereocenters. The van der Waals surface area contributed by atoms with Crippen molar-refractivity contribution in [1.82, 2.24) is 10.6 Å². The Morgan fingerprint density at radius 1 is 1.29 bits per heavy atom. The van der Waals surface area contributed by atoms with E-state index in [0.717, 1.165) is 0 Å². The highest BCUT2D eigenvalue weighted by Crippen LogP contribution is 2.30. The highest BCUT2D eigenvalue weighted by atomic mass is 16.6. The van der Waals surface area contributed by atoms with E-state index in [2.05, 4.69) is 10.6 Å². The molecule has 0 unspecified atom stereocenters. The second kappa shape index (κ2) is 8.88. The Hall–Kier alpha value is -2.19. The fourth-order valence-corrected chi connectivity index (χ4v) is 1.72. The molecule has 1 aromatic carbocycles. The summed E-state index contributed by atoms with van der Waals surface area (Å²) >= 11 is 0. The number of nitro groups is 1. The third kappa shape index (κ3) is 5.01. The molecule has 0 aromatic heterocycles. The monoisotopic (exact) mass is 297 g/mol. The maximum Gasteiger partial charge on any atom is 0.311 e. The van der Waals surface area contributed by atoms with Crippen molar-refractivity contribution in [3.63, 3.8) is 0 Å². The van der Waals surface area contributed by atoms with Gasteiger partial charge in [0.1, 0.15) is 0 Å². The highest BCUT2D eigenvalue weighted by molar-refractivity contribution is 5.98. The molecule has 116 valence electrons. The van der Waals surface area contributed by atoms with Crippen LogP contribution in [0.3, 0.4) is 0 Å². The normalized spacial score (nSPS) is 10.2. The van der Waals surface area contributed by atoms with Crippen LogP contribution in [0.5, 0.6) is 5.75 Å². The lowest BCUT2D eigenvalue weighted by Crippen LogP contribution is -2.33. The predicted molar refractivity (Wildman–Crippen MR) is 76.7 cm³/mol. The Labute approximate surface area is 122 Å². The van der Waals surface area contributed by atoms with Crippen LogP contribution in [0.25, 0.3) is 0 Å². The van der Waals surface area contributed by atoms with Gasteiger partial charge in [0.25, 0.3) is 5.91 Å². The zero-order valence-corrected chi connectivity index (χ0v) is 12.0. The number of carbonyl (C=O) groups is 1. The van der Waals surface area contributed by atoms with E-state index >= 15 is 0 Å². The average Bonchev–Trinajstić information content (AvgIpc) is 2.49. The maximum atomic E-state index is 12.0. The molecule has 0 aliphatic rings. The van der Waals surface area contributed by atoms with Gasteiger partial charge in [-0.05, 0) is 6.07 Å². The molecule has 21 heavy (non-hydrogen) atoms. The summed E-state index contributed by atoms with van der Waals surface area (Å²) in [5.74, 6) is -0.448. The van der Waals surface area contributed by atoms with Gasteiger partial charge < -0.3 is 20.1 Å². The number of rotatable bonds is 9. The van der Waals surface area contributed by atoms with E-state index in [1.807, 2.05) is 0 Å². The van der Waals surface area contributed by atoms with Gasteiger partial charge in [-0.15, -0.1) is 0 Å². The molecule has 0 aliphatic carbocycles. The van der Waals surface area contributed by atoms with E-state index in [1.54, 1.807) is 7.11 Å².